The minimum atomic E-state index is -0.805. The number of esters is 1. The second kappa shape index (κ2) is 6.47. The van der Waals surface area contributed by atoms with E-state index in [4.69, 9.17) is 4.74 Å². The Labute approximate surface area is 140 Å². The van der Waals surface area contributed by atoms with E-state index in [1.165, 1.54) is 14.0 Å². The Morgan fingerprint density at radius 2 is 1.96 bits per heavy atom. The average molecular weight is 328 g/mol. The summed E-state index contributed by atoms with van der Waals surface area (Å²) >= 11 is 0. The topological polar surface area (TPSA) is 75.7 Å². The van der Waals surface area contributed by atoms with Crippen LogP contribution in [0.15, 0.2) is 41.6 Å². The lowest BCUT2D eigenvalue weighted by Crippen LogP contribution is -2.54. The van der Waals surface area contributed by atoms with Crippen molar-refractivity contribution in [1.29, 1.82) is 0 Å². The van der Waals surface area contributed by atoms with Crippen LogP contribution in [0.2, 0.25) is 0 Å². The molecule has 2 aliphatic rings. The van der Waals surface area contributed by atoms with Crippen molar-refractivity contribution in [2.45, 2.75) is 31.7 Å². The number of rotatable bonds is 3. The molecule has 0 bridgehead atoms. The number of allylic oxidation sites excluding steroid dienone is 1. The van der Waals surface area contributed by atoms with Gasteiger partial charge in [0, 0.05) is 25.1 Å². The van der Waals surface area contributed by atoms with Crippen LogP contribution in [-0.4, -0.2) is 42.4 Å². The maximum atomic E-state index is 12.9. The summed E-state index contributed by atoms with van der Waals surface area (Å²) in [5, 5.41) is 2.73. The van der Waals surface area contributed by atoms with Crippen LogP contribution in [0.3, 0.4) is 0 Å². The van der Waals surface area contributed by atoms with E-state index < -0.39 is 17.9 Å². The largest absolute Gasteiger partial charge is 0.466 e. The fourth-order valence-corrected chi connectivity index (χ4v) is 3.59. The summed E-state index contributed by atoms with van der Waals surface area (Å²) in [6.07, 6.45) is 1.46. The third kappa shape index (κ3) is 2.68. The summed E-state index contributed by atoms with van der Waals surface area (Å²) in [4.78, 5) is 38.7. The number of amides is 2. The molecule has 1 saturated heterocycles. The Kier molecular flexibility index (Phi) is 4.38. The Balaban J connectivity index is 2.19. The molecule has 6 nitrogen and oxygen atoms in total. The van der Waals surface area contributed by atoms with E-state index >= 15 is 0 Å². The normalized spacial score (nSPS) is 23.1. The van der Waals surface area contributed by atoms with Gasteiger partial charge in [0.05, 0.1) is 12.7 Å². The molecule has 0 unspecified atom stereocenters. The first-order valence-electron chi connectivity index (χ1n) is 7.99. The summed E-state index contributed by atoms with van der Waals surface area (Å²) in [5.74, 6) is -1.46. The van der Waals surface area contributed by atoms with Crippen molar-refractivity contribution in [2.24, 2.45) is 0 Å². The minimum Gasteiger partial charge on any atom is -0.466 e. The lowest BCUT2D eigenvalue weighted by Gasteiger charge is -2.38. The summed E-state index contributed by atoms with van der Waals surface area (Å²) in [5.41, 5.74) is 2.01. The van der Waals surface area contributed by atoms with Gasteiger partial charge in [0.15, 0.2) is 0 Å². The Morgan fingerprint density at radius 1 is 1.25 bits per heavy atom. The Bertz CT molecular complexity index is 711. The van der Waals surface area contributed by atoms with Crippen molar-refractivity contribution in [1.82, 2.24) is 10.2 Å². The third-order valence-electron chi connectivity index (χ3n) is 4.53. The molecule has 0 aliphatic carbocycles. The molecule has 1 aromatic carbocycles. The van der Waals surface area contributed by atoms with Gasteiger partial charge in [-0.05, 0) is 18.4 Å². The molecule has 0 spiro atoms. The highest BCUT2D eigenvalue weighted by atomic mass is 16.5. The molecule has 3 rings (SSSR count). The summed E-state index contributed by atoms with van der Waals surface area (Å²) in [6.45, 7) is 1.93. The second-order valence-electron chi connectivity index (χ2n) is 6.01. The van der Waals surface area contributed by atoms with E-state index in [1.54, 1.807) is 4.90 Å². The molecule has 2 atom stereocenters. The first-order chi connectivity index (χ1) is 11.5. The second-order valence-corrected chi connectivity index (χ2v) is 6.01. The zero-order valence-electron chi connectivity index (χ0n) is 13.7. The smallest absolute Gasteiger partial charge is 0.336 e. The molecular formula is C18H20N2O4. The number of hydrogen-bond acceptors (Lipinski definition) is 4. The molecule has 2 heterocycles. The number of carbonyl (C=O) groups excluding carboxylic acids is 3. The van der Waals surface area contributed by atoms with E-state index in [2.05, 4.69) is 5.32 Å². The predicted octanol–water partition coefficient (Wildman–Crippen LogP) is 1.34. The fourth-order valence-electron chi connectivity index (χ4n) is 3.59. The number of carbonyl (C=O) groups is 3. The van der Waals surface area contributed by atoms with Crippen LogP contribution in [0.1, 0.15) is 31.2 Å². The summed E-state index contributed by atoms with van der Waals surface area (Å²) in [7, 11) is 1.33. The molecule has 0 aromatic heterocycles. The number of nitrogens with zero attached hydrogens (tertiary/aromatic N) is 1. The monoisotopic (exact) mass is 328 g/mol. The molecule has 2 amide bonds. The summed E-state index contributed by atoms with van der Waals surface area (Å²) < 4.78 is 4.99. The number of methoxy groups -OCH3 is 1. The van der Waals surface area contributed by atoms with E-state index in [-0.39, 0.29) is 11.8 Å². The van der Waals surface area contributed by atoms with Crippen molar-refractivity contribution in [3.63, 3.8) is 0 Å². The van der Waals surface area contributed by atoms with Crippen LogP contribution in [0, 0.1) is 0 Å². The van der Waals surface area contributed by atoms with E-state index in [9.17, 15) is 14.4 Å². The van der Waals surface area contributed by atoms with E-state index in [0.717, 1.165) is 17.7 Å². The van der Waals surface area contributed by atoms with Gasteiger partial charge in [-0.2, -0.15) is 0 Å². The van der Waals surface area contributed by atoms with Crippen LogP contribution >= 0.6 is 0 Å². The average Bonchev–Trinajstić information content (AvgIpc) is 3.06. The molecule has 1 aromatic rings. The van der Waals surface area contributed by atoms with Gasteiger partial charge >= 0.3 is 5.97 Å². The van der Waals surface area contributed by atoms with E-state index in [0.29, 0.717) is 18.5 Å². The number of nitrogens with one attached hydrogen (secondary N) is 1. The van der Waals surface area contributed by atoms with Gasteiger partial charge in [0.25, 0.3) is 0 Å². The molecular weight excluding hydrogens is 308 g/mol. The van der Waals surface area contributed by atoms with Crippen molar-refractivity contribution < 1.29 is 19.1 Å². The SMILES string of the molecule is COC(=O)C1=C2CCCN2C(=O)[C@H](NC(C)=O)[C@@H]1c1ccccc1. The van der Waals surface area contributed by atoms with Crippen molar-refractivity contribution >= 4 is 17.8 Å². The van der Waals surface area contributed by atoms with E-state index in [1.807, 2.05) is 30.3 Å². The van der Waals surface area contributed by atoms with Crippen LogP contribution < -0.4 is 5.32 Å². The molecule has 6 heteroatoms. The first kappa shape index (κ1) is 16.2. The van der Waals surface area contributed by atoms with Crippen LogP contribution in [0.4, 0.5) is 0 Å². The van der Waals surface area contributed by atoms with Gasteiger partial charge in [-0.3, -0.25) is 9.59 Å². The van der Waals surface area contributed by atoms with Crippen molar-refractivity contribution in [2.75, 3.05) is 13.7 Å². The molecule has 2 aliphatic heterocycles. The fraction of sp³-hybridized carbons (Fsp3) is 0.389. The maximum Gasteiger partial charge on any atom is 0.336 e. The molecule has 24 heavy (non-hydrogen) atoms. The highest BCUT2D eigenvalue weighted by Crippen LogP contribution is 2.41. The number of benzene rings is 1. The number of hydrogen-bond donors (Lipinski definition) is 1. The van der Waals surface area contributed by atoms with Gasteiger partial charge in [-0.1, -0.05) is 30.3 Å². The summed E-state index contributed by atoms with van der Waals surface area (Å²) in [6, 6.07) is 8.49. The lowest BCUT2D eigenvalue weighted by molar-refractivity contribution is -0.139. The third-order valence-corrected chi connectivity index (χ3v) is 4.53. The zero-order chi connectivity index (χ0) is 17.3. The predicted molar refractivity (Wildman–Crippen MR) is 86.8 cm³/mol. The maximum absolute atomic E-state index is 12.9. The first-order valence-corrected chi connectivity index (χ1v) is 7.99. The van der Waals surface area contributed by atoms with Crippen molar-refractivity contribution in [3.05, 3.63) is 47.2 Å². The van der Waals surface area contributed by atoms with Gasteiger partial charge in [0.1, 0.15) is 6.04 Å². The van der Waals surface area contributed by atoms with Crippen LogP contribution in [0.25, 0.3) is 0 Å². The molecule has 1 fully saturated rings. The Hall–Kier alpha value is -2.63. The van der Waals surface area contributed by atoms with Gasteiger partial charge < -0.3 is 15.0 Å². The highest BCUT2D eigenvalue weighted by Gasteiger charge is 2.47. The number of fused-ring (bicyclic) bond motifs is 1. The number of ether oxygens (including phenoxy) is 1. The quantitative estimate of drug-likeness (QED) is 0.850. The zero-order valence-corrected chi connectivity index (χ0v) is 13.7. The molecule has 1 N–H and O–H groups in total. The molecule has 0 saturated carbocycles. The molecule has 126 valence electrons. The van der Waals surface area contributed by atoms with Gasteiger partial charge in [-0.15, -0.1) is 0 Å². The van der Waals surface area contributed by atoms with Gasteiger partial charge in [-0.25, -0.2) is 4.79 Å². The van der Waals surface area contributed by atoms with Gasteiger partial charge in [0.2, 0.25) is 11.8 Å². The molecule has 0 radical (unpaired) electrons. The minimum absolute atomic E-state index is 0.167. The highest BCUT2D eigenvalue weighted by molar-refractivity contribution is 5.99. The van der Waals surface area contributed by atoms with Crippen LogP contribution in [0.5, 0.6) is 0 Å². The van der Waals surface area contributed by atoms with Crippen LogP contribution in [-0.2, 0) is 19.1 Å². The standard InChI is InChI=1S/C18H20N2O4/c1-11(21)19-16-14(12-7-4-3-5-8-12)15(18(23)24-2)13-9-6-10-20(13)17(16)22/h3-5,7-8,14,16H,6,9-10H2,1-2H3,(H,19,21)/t14-,16-/m1/s1. The lowest BCUT2D eigenvalue weighted by atomic mass is 9.80. The van der Waals surface area contributed by atoms with Crippen molar-refractivity contribution in [3.8, 4) is 0 Å². The Morgan fingerprint density at radius 3 is 2.58 bits per heavy atom.